The molecule has 0 spiro atoms. The van der Waals surface area contributed by atoms with Crippen molar-refractivity contribution in [1.29, 1.82) is 0 Å². The number of aromatic carboxylic acids is 1. The van der Waals surface area contributed by atoms with E-state index in [4.69, 9.17) is 0 Å². The Hall–Kier alpha value is -1.66. The van der Waals surface area contributed by atoms with Gasteiger partial charge in [0.15, 0.2) is 5.69 Å². The second kappa shape index (κ2) is 4.47. The van der Waals surface area contributed by atoms with Gasteiger partial charge < -0.3 is 5.11 Å². The summed E-state index contributed by atoms with van der Waals surface area (Å²) in [5, 5.41) is 11.3. The lowest BCUT2D eigenvalue weighted by Gasteiger charge is -2.01. The Balaban J connectivity index is 2.39. The fourth-order valence-corrected chi connectivity index (χ4v) is 2.98. The molecule has 4 nitrogen and oxygen atoms in total. The van der Waals surface area contributed by atoms with Gasteiger partial charge in [-0.3, -0.25) is 4.40 Å². The van der Waals surface area contributed by atoms with Crippen molar-refractivity contribution >= 4 is 38.9 Å². The maximum Gasteiger partial charge on any atom is 0.355 e. The zero-order valence-corrected chi connectivity index (χ0v) is 12.3. The number of hydrogen-bond acceptors (Lipinski definition) is 3. The first-order chi connectivity index (χ1) is 9.08. The van der Waals surface area contributed by atoms with Crippen LogP contribution in [0.25, 0.3) is 16.2 Å². The molecule has 3 aromatic heterocycles. The van der Waals surface area contributed by atoms with Crippen LogP contribution in [0.3, 0.4) is 0 Å². The van der Waals surface area contributed by atoms with E-state index in [1.807, 2.05) is 30.5 Å². The van der Waals surface area contributed by atoms with Gasteiger partial charge in [0.05, 0.1) is 4.88 Å². The number of fused-ring (bicyclic) bond motifs is 1. The molecule has 19 heavy (non-hydrogen) atoms. The van der Waals surface area contributed by atoms with Crippen molar-refractivity contribution in [1.82, 2.24) is 9.38 Å². The largest absolute Gasteiger partial charge is 0.476 e. The van der Waals surface area contributed by atoms with Gasteiger partial charge in [0, 0.05) is 10.7 Å². The monoisotopic (exact) mass is 336 g/mol. The normalized spacial score (nSPS) is 11.1. The van der Waals surface area contributed by atoms with Crippen molar-refractivity contribution in [3.05, 3.63) is 45.5 Å². The molecular weight excluding hydrogens is 328 g/mol. The highest BCUT2D eigenvalue weighted by Gasteiger charge is 2.21. The van der Waals surface area contributed by atoms with Gasteiger partial charge in [-0.1, -0.05) is 6.07 Å². The molecular formula is C13H9BrN2O2S. The number of carboxylic acids is 1. The van der Waals surface area contributed by atoms with Gasteiger partial charge >= 0.3 is 5.97 Å². The van der Waals surface area contributed by atoms with Crippen molar-refractivity contribution in [3.8, 4) is 10.6 Å². The van der Waals surface area contributed by atoms with Gasteiger partial charge in [0.1, 0.15) is 11.3 Å². The maximum absolute atomic E-state index is 11.5. The van der Waals surface area contributed by atoms with Crippen LogP contribution >= 0.6 is 27.3 Å². The van der Waals surface area contributed by atoms with Crippen LogP contribution in [0.15, 0.2) is 34.2 Å². The molecule has 0 aliphatic heterocycles. The lowest BCUT2D eigenvalue weighted by molar-refractivity contribution is 0.0690. The second-order valence-corrected chi connectivity index (χ2v) is 5.93. The number of aromatic nitrogens is 2. The number of imidazole rings is 1. The topological polar surface area (TPSA) is 54.6 Å². The minimum absolute atomic E-state index is 0.193. The third-order valence-electron chi connectivity index (χ3n) is 2.86. The molecule has 0 bridgehead atoms. The maximum atomic E-state index is 11.5. The Morgan fingerprint density at radius 1 is 1.53 bits per heavy atom. The number of rotatable bonds is 2. The molecule has 0 radical (unpaired) electrons. The van der Waals surface area contributed by atoms with E-state index in [1.165, 1.54) is 11.3 Å². The average molecular weight is 337 g/mol. The molecule has 96 valence electrons. The van der Waals surface area contributed by atoms with E-state index in [9.17, 15) is 9.90 Å². The van der Waals surface area contributed by atoms with Crippen molar-refractivity contribution in [3.63, 3.8) is 0 Å². The van der Waals surface area contributed by atoms with Crippen LogP contribution in [0.5, 0.6) is 0 Å². The van der Waals surface area contributed by atoms with E-state index in [2.05, 4.69) is 20.9 Å². The summed E-state index contributed by atoms with van der Waals surface area (Å²) in [6.45, 7) is 1.95. The molecule has 3 aromatic rings. The zero-order valence-electron chi connectivity index (χ0n) is 9.92. The smallest absolute Gasteiger partial charge is 0.355 e. The number of pyridine rings is 1. The average Bonchev–Trinajstić information content (AvgIpc) is 2.95. The predicted octanol–water partition coefficient (Wildman–Crippen LogP) is 3.83. The van der Waals surface area contributed by atoms with Crippen LogP contribution in [0, 0.1) is 6.92 Å². The van der Waals surface area contributed by atoms with Gasteiger partial charge in [-0.15, -0.1) is 11.3 Å². The first-order valence-electron chi connectivity index (χ1n) is 5.53. The van der Waals surface area contributed by atoms with Crippen LogP contribution in [-0.4, -0.2) is 20.5 Å². The first kappa shape index (κ1) is 12.4. The Morgan fingerprint density at radius 2 is 2.32 bits per heavy atom. The van der Waals surface area contributed by atoms with E-state index < -0.39 is 5.97 Å². The Morgan fingerprint density at radius 3 is 2.95 bits per heavy atom. The zero-order chi connectivity index (χ0) is 13.6. The van der Waals surface area contributed by atoms with E-state index in [0.29, 0.717) is 11.3 Å². The predicted molar refractivity (Wildman–Crippen MR) is 77.9 cm³/mol. The minimum atomic E-state index is -0.980. The van der Waals surface area contributed by atoms with E-state index in [1.54, 1.807) is 10.6 Å². The molecule has 0 unspecified atom stereocenters. The summed E-state index contributed by atoms with van der Waals surface area (Å²) in [5.41, 5.74) is 2.37. The van der Waals surface area contributed by atoms with Crippen molar-refractivity contribution in [2.24, 2.45) is 0 Å². The quantitative estimate of drug-likeness (QED) is 0.773. The molecule has 3 rings (SSSR count). The van der Waals surface area contributed by atoms with Gasteiger partial charge in [0.2, 0.25) is 0 Å². The van der Waals surface area contributed by atoms with Gasteiger partial charge in [0.25, 0.3) is 0 Å². The number of carbonyl (C=O) groups is 1. The van der Waals surface area contributed by atoms with E-state index in [0.717, 1.165) is 14.9 Å². The summed E-state index contributed by atoms with van der Waals surface area (Å²) in [6.07, 6.45) is 1.75. The summed E-state index contributed by atoms with van der Waals surface area (Å²) < 4.78 is 2.46. The Labute approximate surface area is 121 Å². The summed E-state index contributed by atoms with van der Waals surface area (Å²) in [6, 6.07) is 5.63. The first-order valence-corrected chi connectivity index (χ1v) is 7.20. The van der Waals surface area contributed by atoms with Crippen molar-refractivity contribution < 1.29 is 9.90 Å². The SMILES string of the molecule is Cc1cc2nc(-c3cccs3)c(C(=O)O)n2cc1Br. The number of thiophene rings is 1. The molecule has 0 saturated carbocycles. The van der Waals surface area contributed by atoms with Crippen LogP contribution < -0.4 is 0 Å². The number of aryl methyl sites for hydroxylation is 1. The fraction of sp³-hybridized carbons (Fsp3) is 0.0769. The fourth-order valence-electron chi connectivity index (χ4n) is 1.95. The van der Waals surface area contributed by atoms with Gasteiger partial charge in [-0.2, -0.15) is 0 Å². The highest BCUT2D eigenvalue weighted by atomic mass is 79.9. The lowest BCUT2D eigenvalue weighted by atomic mass is 10.2. The molecule has 0 fully saturated rings. The lowest BCUT2D eigenvalue weighted by Crippen LogP contribution is -2.03. The Bertz CT molecular complexity index is 778. The Kier molecular flexibility index (Phi) is 2.91. The summed E-state index contributed by atoms with van der Waals surface area (Å²) in [4.78, 5) is 16.8. The minimum Gasteiger partial charge on any atom is -0.476 e. The highest BCUT2D eigenvalue weighted by molar-refractivity contribution is 9.10. The highest BCUT2D eigenvalue weighted by Crippen LogP contribution is 2.30. The van der Waals surface area contributed by atoms with Crippen molar-refractivity contribution in [2.75, 3.05) is 0 Å². The van der Waals surface area contributed by atoms with E-state index >= 15 is 0 Å². The number of carboxylic acid groups (broad SMARTS) is 1. The summed E-state index contributed by atoms with van der Waals surface area (Å²) >= 11 is 4.90. The van der Waals surface area contributed by atoms with Crippen LogP contribution in [-0.2, 0) is 0 Å². The van der Waals surface area contributed by atoms with E-state index in [-0.39, 0.29) is 5.69 Å². The van der Waals surface area contributed by atoms with Crippen LogP contribution in [0.2, 0.25) is 0 Å². The van der Waals surface area contributed by atoms with Crippen LogP contribution in [0.1, 0.15) is 16.1 Å². The molecule has 0 aliphatic rings. The third kappa shape index (κ3) is 1.97. The molecule has 6 heteroatoms. The summed E-state index contributed by atoms with van der Waals surface area (Å²) in [5.74, 6) is -0.980. The molecule has 0 aliphatic carbocycles. The van der Waals surface area contributed by atoms with Crippen LogP contribution in [0.4, 0.5) is 0 Å². The standard InChI is InChI=1S/C13H9BrN2O2S/c1-7-5-10-15-11(9-3-2-4-19-9)12(13(17)18)16(10)6-8(7)14/h2-6H,1H3,(H,17,18). The molecule has 1 N–H and O–H groups in total. The summed E-state index contributed by atoms with van der Waals surface area (Å²) in [7, 11) is 0. The van der Waals surface area contributed by atoms with Crippen molar-refractivity contribution in [2.45, 2.75) is 6.92 Å². The molecule has 0 saturated heterocycles. The number of hydrogen-bond donors (Lipinski definition) is 1. The third-order valence-corrected chi connectivity index (χ3v) is 4.57. The van der Waals surface area contributed by atoms with Gasteiger partial charge in [-0.25, -0.2) is 9.78 Å². The molecule has 0 amide bonds. The second-order valence-electron chi connectivity index (χ2n) is 4.12. The number of halogens is 1. The number of nitrogens with zero attached hydrogens (tertiary/aromatic N) is 2. The molecule has 3 heterocycles. The molecule has 0 aromatic carbocycles. The van der Waals surface area contributed by atoms with Gasteiger partial charge in [-0.05, 0) is 45.9 Å². The molecule has 0 atom stereocenters.